The molecule has 1 fully saturated rings. The van der Waals surface area contributed by atoms with Gasteiger partial charge in [0, 0.05) is 23.9 Å². The Morgan fingerprint density at radius 2 is 2.32 bits per heavy atom. The van der Waals surface area contributed by atoms with E-state index in [2.05, 4.69) is 12.3 Å². The number of carbonyl (C=O) groups excluding carboxylic acids is 1. The van der Waals surface area contributed by atoms with E-state index in [0.717, 1.165) is 38.1 Å². The van der Waals surface area contributed by atoms with Crippen LogP contribution < -0.4 is 0 Å². The molecular weight excluding hydrogens is 258 g/mol. The first-order chi connectivity index (χ1) is 9.28. The van der Waals surface area contributed by atoms with Crippen molar-refractivity contribution in [1.82, 2.24) is 4.90 Å². The van der Waals surface area contributed by atoms with E-state index >= 15 is 0 Å². The third-order valence-electron chi connectivity index (χ3n) is 3.99. The van der Waals surface area contributed by atoms with E-state index in [1.807, 2.05) is 28.8 Å². The van der Waals surface area contributed by atoms with Gasteiger partial charge in [-0.3, -0.25) is 4.79 Å². The van der Waals surface area contributed by atoms with Crippen LogP contribution >= 0.6 is 11.8 Å². The summed E-state index contributed by atoms with van der Waals surface area (Å²) in [6.07, 6.45) is 4.16. The van der Waals surface area contributed by atoms with Gasteiger partial charge in [-0.2, -0.15) is 11.8 Å². The van der Waals surface area contributed by atoms with Crippen LogP contribution in [0.3, 0.4) is 0 Å². The number of carbonyl (C=O) groups is 1. The van der Waals surface area contributed by atoms with Gasteiger partial charge in [0.15, 0.2) is 0 Å². The molecule has 0 aromatic heterocycles. The lowest BCUT2D eigenvalue weighted by atomic mass is 10.00. The zero-order chi connectivity index (χ0) is 13.2. The maximum atomic E-state index is 12.5. The second-order valence-electron chi connectivity index (χ2n) is 5.18. The van der Waals surface area contributed by atoms with Crippen LogP contribution in [0.1, 0.15) is 27.9 Å². The summed E-state index contributed by atoms with van der Waals surface area (Å²) in [5.41, 5.74) is 3.34. The van der Waals surface area contributed by atoms with Gasteiger partial charge in [0.2, 0.25) is 0 Å². The molecule has 1 amide bonds. The number of fused-ring (bicyclic) bond motifs is 1. The lowest BCUT2D eigenvalue weighted by Crippen LogP contribution is -2.29. The first-order valence-corrected chi connectivity index (χ1v) is 8.08. The minimum Gasteiger partial charge on any atom is -0.376 e. The number of hydrogen-bond acceptors (Lipinski definition) is 3. The summed E-state index contributed by atoms with van der Waals surface area (Å²) in [5, 5.41) is 0.606. The van der Waals surface area contributed by atoms with Crippen LogP contribution in [0, 0.1) is 0 Å². The highest BCUT2D eigenvalue weighted by atomic mass is 32.2. The van der Waals surface area contributed by atoms with Crippen LogP contribution in [0.15, 0.2) is 18.2 Å². The van der Waals surface area contributed by atoms with Gasteiger partial charge in [-0.15, -0.1) is 0 Å². The topological polar surface area (TPSA) is 29.5 Å². The van der Waals surface area contributed by atoms with Crippen LogP contribution in [-0.4, -0.2) is 42.0 Å². The molecule has 1 aromatic rings. The number of benzene rings is 1. The molecule has 1 unspecified atom stereocenters. The van der Waals surface area contributed by atoms with Gasteiger partial charge in [0.05, 0.1) is 13.2 Å². The number of ether oxygens (including phenoxy) is 1. The largest absolute Gasteiger partial charge is 0.376 e. The molecule has 4 heteroatoms. The van der Waals surface area contributed by atoms with E-state index in [1.54, 1.807) is 0 Å². The Morgan fingerprint density at radius 3 is 3.11 bits per heavy atom. The highest BCUT2D eigenvalue weighted by molar-refractivity contribution is 7.99. The maximum Gasteiger partial charge on any atom is 0.253 e. The van der Waals surface area contributed by atoms with Crippen LogP contribution in [-0.2, 0) is 17.8 Å². The van der Waals surface area contributed by atoms with Crippen molar-refractivity contribution in [1.29, 1.82) is 0 Å². The van der Waals surface area contributed by atoms with Crippen LogP contribution in [0.2, 0.25) is 0 Å². The van der Waals surface area contributed by atoms with Crippen molar-refractivity contribution in [3.63, 3.8) is 0 Å². The fourth-order valence-corrected chi connectivity index (χ4v) is 3.45. The average molecular weight is 277 g/mol. The van der Waals surface area contributed by atoms with Gasteiger partial charge in [-0.1, -0.05) is 6.07 Å². The Bertz CT molecular complexity index is 489. The second kappa shape index (κ2) is 5.55. The van der Waals surface area contributed by atoms with E-state index in [1.165, 1.54) is 11.1 Å². The number of hydrogen-bond donors (Lipinski definition) is 0. The molecule has 102 valence electrons. The smallest absolute Gasteiger partial charge is 0.253 e. The molecule has 0 N–H and O–H groups in total. The molecule has 2 aliphatic rings. The molecule has 2 aliphatic heterocycles. The van der Waals surface area contributed by atoms with Gasteiger partial charge >= 0.3 is 0 Å². The number of amides is 1. The monoisotopic (exact) mass is 277 g/mol. The van der Waals surface area contributed by atoms with Gasteiger partial charge in [-0.25, -0.2) is 0 Å². The third-order valence-corrected chi connectivity index (χ3v) is 5.04. The second-order valence-corrected chi connectivity index (χ2v) is 6.32. The summed E-state index contributed by atoms with van der Waals surface area (Å²) in [4.78, 5) is 14.5. The normalized spacial score (nSPS) is 22.4. The van der Waals surface area contributed by atoms with Crippen molar-refractivity contribution in [2.24, 2.45) is 0 Å². The molecule has 0 saturated carbocycles. The zero-order valence-electron chi connectivity index (χ0n) is 11.2. The Kier molecular flexibility index (Phi) is 3.80. The van der Waals surface area contributed by atoms with Gasteiger partial charge in [0.1, 0.15) is 0 Å². The number of nitrogens with zero attached hydrogens (tertiary/aromatic N) is 1. The fourth-order valence-electron chi connectivity index (χ4n) is 2.78. The van der Waals surface area contributed by atoms with E-state index in [4.69, 9.17) is 4.74 Å². The minimum atomic E-state index is 0.186. The minimum absolute atomic E-state index is 0.186. The fraction of sp³-hybridized carbons (Fsp3) is 0.533. The number of likely N-dealkylation sites (tertiary alicyclic amines) is 1. The third kappa shape index (κ3) is 2.65. The van der Waals surface area contributed by atoms with Gasteiger partial charge in [0.25, 0.3) is 5.91 Å². The van der Waals surface area contributed by atoms with Crippen molar-refractivity contribution in [3.05, 3.63) is 34.9 Å². The van der Waals surface area contributed by atoms with Crippen molar-refractivity contribution in [2.75, 3.05) is 26.0 Å². The van der Waals surface area contributed by atoms with Crippen LogP contribution in [0.25, 0.3) is 0 Å². The molecular formula is C15H19NO2S. The standard InChI is InChI=1S/C15H19NO2S/c1-19-14-4-6-16(9-14)15(17)12-2-3-13-10-18-7-5-11(13)8-12/h2-3,8,14H,4-7,9-10H2,1H3. The number of rotatable bonds is 2. The summed E-state index contributed by atoms with van der Waals surface area (Å²) in [7, 11) is 0. The summed E-state index contributed by atoms with van der Waals surface area (Å²) in [6, 6.07) is 6.05. The lowest BCUT2D eigenvalue weighted by Gasteiger charge is -2.20. The Balaban J connectivity index is 1.77. The average Bonchev–Trinajstić information content (AvgIpc) is 2.95. The summed E-state index contributed by atoms with van der Waals surface area (Å²) in [5.74, 6) is 0.186. The number of thioether (sulfide) groups is 1. The molecule has 1 saturated heterocycles. The molecule has 1 aromatic carbocycles. The van der Waals surface area contributed by atoms with Gasteiger partial charge in [-0.05, 0) is 42.4 Å². The van der Waals surface area contributed by atoms with Crippen molar-refractivity contribution in [3.8, 4) is 0 Å². The van der Waals surface area contributed by atoms with Crippen molar-refractivity contribution in [2.45, 2.75) is 24.7 Å². The first-order valence-electron chi connectivity index (χ1n) is 6.79. The molecule has 3 nitrogen and oxygen atoms in total. The Labute approximate surface area is 118 Å². The predicted octanol–water partition coefficient (Wildman–Crippen LogP) is 2.34. The molecule has 1 atom stereocenters. The van der Waals surface area contributed by atoms with Gasteiger partial charge < -0.3 is 9.64 Å². The quantitative estimate of drug-likeness (QED) is 0.831. The molecule has 19 heavy (non-hydrogen) atoms. The molecule has 0 radical (unpaired) electrons. The highest BCUT2D eigenvalue weighted by Gasteiger charge is 2.26. The van der Waals surface area contributed by atoms with E-state index in [9.17, 15) is 4.79 Å². The molecule has 0 bridgehead atoms. The lowest BCUT2D eigenvalue weighted by molar-refractivity contribution is 0.0792. The van der Waals surface area contributed by atoms with Crippen LogP contribution in [0.4, 0.5) is 0 Å². The molecule has 0 spiro atoms. The SMILES string of the molecule is CSC1CCN(C(=O)c2ccc3c(c2)CCOC3)C1. The maximum absolute atomic E-state index is 12.5. The molecule has 2 heterocycles. The van der Waals surface area contributed by atoms with Crippen LogP contribution in [0.5, 0.6) is 0 Å². The Morgan fingerprint density at radius 1 is 1.42 bits per heavy atom. The van der Waals surface area contributed by atoms with E-state index in [0.29, 0.717) is 11.9 Å². The summed E-state index contributed by atoms with van der Waals surface area (Å²) >= 11 is 1.86. The highest BCUT2D eigenvalue weighted by Crippen LogP contribution is 2.24. The van der Waals surface area contributed by atoms with Crippen molar-refractivity contribution < 1.29 is 9.53 Å². The molecule has 0 aliphatic carbocycles. The Hall–Kier alpha value is -1.00. The first kappa shape index (κ1) is 13.0. The van der Waals surface area contributed by atoms with E-state index in [-0.39, 0.29) is 5.91 Å². The predicted molar refractivity (Wildman–Crippen MR) is 77.6 cm³/mol. The summed E-state index contributed by atoms with van der Waals surface area (Å²) < 4.78 is 5.43. The summed E-state index contributed by atoms with van der Waals surface area (Å²) in [6.45, 7) is 3.23. The van der Waals surface area contributed by atoms with Crippen molar-refractivity contribution >= 4 is 17.7 Å². The van der Waals surface area contributed by atoms with E-state index < -0.39 is 0 Å². The zero-order valence-corrected chi connectivity index (χ0v) is 12.0. The molecule has 3 rings (SSSR count).